The second-order valence-corrected chi connectivity index (χ2v) is 15.5. The van der Waals surface area contributed by atoms with Gasteiger partial charge in [0.2, 0.25) is 12.1 Å². The van der Waals surface area contributed by atoms with Gasteiger partial charge in [-0.05, 0) is 98.3 Å². The molecule has 5 rings (SSSR count). The summed E-state index contributed by atoms with van der Waals surface area (Å²) in [5, 5.41) is 27.1. The Labute approximate surface area is 388 Å². The average Bonchev–Trinajstić information content (AvgIpc) is 3.22. The lowest BCUT2D eigenvalue weighted by Crippen LogP contribution is -2.32. The Balaban J connectivity index is 1.26. The number of benzene rings is 5. The molecule has 62 heavy (non-hydrogen) atoms. The van der Waals surface area contributed by atoms with Gasteiger partial charge in [-0.15, -0.1) is 11.6 Å². The van der Waals surface area contributed by atoms with Gasteiger partial charge in [-0.25, -0.2) is 0 Å². The minimum Gasteiger partial charge on any atom is -0.324 e. The highest BCUT2D eigenvalue weighted by Gasteiger charge is 2.26. The van der Waals surface area contributed by atoms with Crippen molar-refractivity contribution in [2.75, 3.05) is 21.3 Å². The first-order chi connectivity index (χ1) is 29.5. The van der Waals surface area contributed by atoms with Crippen molar-refractivity contribution in [1.82, 2.24) is 0 Å². The molecule has 0 aliphatic heterocycles. The van der Waals surface area contributed by atoms with Crippen LogP contribution in [0.3, 0.4) is 0 Å². The van der Waals surface area contributed by atoms with Crippen molar-refractivity contribution in [3.05, 3.63) is 138 Å². The number of nitrogens with one attached hydrogen (secondary N) is 4. The highest BCUT2D eigenvalue weighted by Crippen LogP contribution is 2.33. The van der Waals surface area contributed by atoms with Crippen LogP contribution in [0.25, 0.3) is 0 Å². The van der Waals surface area contributed by atoms with Gasteiger partial charge in [-0.1, -0.05) is 81.7 Å². The van der Waals surface area contributed by atoms with Crippen LogP contribution in [0.1, 0.15) is 40.1 Å². The number of hydrogen-bond acceptors (Lipinski definition) is 10. The van der Waals surface area contributed by atoms with Gasteiger partial charge in [0.15, 0.2) is 11.6 Å². The summed E-state index contributed by atoms with van der Waals surface area (Å²) in [4.78, 5) is 77.7. The van der Waals surface area contributed by atoms with E-state index in [1.165, 1.54) is 54.6 Å². The molecule has 21 heteroatoms. The second kappa shape index (κ2) is 21.6. The lowest BCUT2D eigenvalue weighted by atomic mass is 10.1. The summed E-state index contributed by atoms with van der Waals surface area (Å²) >= 11 is 43.2. The summed E-state index contributed by atoms with van der Waals surface area (Å²) in [6, 6.07) is 18.7. The predicted molar refractivity (Wildman–Crippen MR) is 243 cm³/mol. The molecule has 0 aliphatic rings. The smallest absolute Gasteiger partial charge is 0.258 e. The van der Waals surface area contributed by atoms with E-state index in [2.05, 4.69) is 41.7 Å². The first-order valence-corrected chi connectivity index (χ1v) is 20.5. The van der Waals surface area contributed by atoms with E-state index in [1.54, 1.807) is 36.4 Å². The Morgan fingerprint density at radius 2 is 0.968 bits per heavy atom. The fraction of sp³-hybridized carbons (Fsp3) is 0.122. The molecule has 0 aromatic heterocycles. The average molecular weight is 978 g/mol. The molecule has 4 N–H and O–H groups in total. The van der Waals surface area contributed by atoms with Crippen LogP contribution >= 0.6 is 81.2 Å². The number of azo groups is 2. The van der Waals surface area contributed by atoms with Crippen molar-refractivity contribution in [3.63, 3.8) is 0 Å². The van der Waals surface area contributed by atoms with Crippen LogP contribution in [0.4, 0.5) is 34.1 Å². The molecule has 0 heterocycles. The molecular weight excluding hydrogens is 949 g/mol. The van der Waals surface area contributed by atoms with Crippen LogP contribution in [0.2, 0.25) is 30.1 Å². The van der Waals surface area contributed by atoms with E-state index in [0.717, 1.165) is 13.8 Å². The van der Waals surface area contributed by atoms with E-state index in [4.69, 9.17) is 81.2 Å². The summed E-state index contributed by atoms with van der Waals surface area (Å²) < 4.78 is 0. The number of carbonyl (C=O) groups is 6. The van der Waals surface area contributed by atoms with E-state index < -0.39 is 47.3 Å². The minimum atomic E-state index is -1.62. The SMILES string of the molecule is CC(=O)C(N=Nc1ccc(Cl)c(C(=O)Nc2cccc(Cl)c2Cl)c1)C(=O)Nc1ccc(NC(=O)C(N=Nc2ccc(Cl)c(C(=O)Nc3cccc(Cl)c3Cl)c2)C(C)=O)c(CCl)c1. The highest BCUT2D eigenvalue weighted by molar-refractivity contribution is 6.45. The zero-order valence-corrected chi connectivity index (χ0v) is 37.2. The molecule has 0 saturated heterocycles. The number of halogens is 7. The van der Waals surface area contributed by atoms with E-state index in [9.17, 15) is 28.8 Å². The summed E-state index contributed by atoms with van der Waals surface area (Å²) in [6.07, 6.45) is 0. The molecule has 5 aromatic rings. The molecule has 14 nitrogen and oxygen atoms in total. The largest absolute Gasteiger partial charge is 0.324 e. The van der Waals surface area contributed by atoms with Crippen molar-refractivity contribution >= 4 is 151 Å². The van der Waals surface area contributed by atoms with Crippen LogP contribution in [-0.2, 0) is 25.1 Å². The topological polar surface area (TPSA) is 200 Å². The summed E-state index contributed by atoms with van der Waals surface area (Å²) in [7, 11) is 0. The molecule has 0 spiro atoms. The van der Waals surface area contributed by atoms with Crippen molar-refractivity contribution in [2.45, 2.75) is 31.8 Å². The van der Waals surface area contributed by atoms with Crippen molar-refractivity contribution in [1.29, 1.82) is 0 Å². The van der Waals surface area contributed by atoms with Gasteiger partial charge in [0, 0.05) is 17.3 Å². The van der Waals surface area contributed by atoms with Crippen molar-refractivity contribution < 1.29 is 28.8 Å². The molecule has 5 aromatic carbocycles. The van der Waals surface area contributed by atoms with Gasteiger partial charge in [0.05, 0.1) is 64.0 Å². The number of Topliss-reactive ketones (excluding diaryl/α,β-unsaturated/α-hetero) is 2. The molecule has 0 fully saturated rings. The Bertz CT molecular complexity index is 2680. The Hall–Kier alpha value is -5.45. The van der Waals surface area contributed by atoms with Gasteiger partial charge < -0.3 is 21.3 Å². The van der Waals surface area contributed by atoms with Crippen LogP contribution in [-0.4, -0.2) is 47.3 Å². The molecule has 4 amide bonds. The van der Waals surface area contributed by atoms with Gasteiger partial charge in [0.1, 0.15) is 0 Å². The van der Waals surface area contributed by atoms with Crippen molar-refractivity contribution in [3.8, 4) is 0 Å². The molecule has 2 atom stereocenters. The summed E-state index contributed by atoms with van der Waals surface area (Å²) in [5.41, 5.74) is 1.36. The first-order valence-electron chi connectivity index (χ1n) is 17.7. The van der Waals surface area contributed by atoms with E-state index >= 15 is 0 Å². The lowest BCUT2D eigenvalue weighted by Gasteiger charge is -2.15. The molecular formula is C41H29Cl7N8O6. The van der Waals surface area contributed by atoms with Crippen LogP contribution in [0.5, 0.6) is 0 Å². The standard InChI is InChI=1S/C41H29Cl7N8O6/c1-19(57)36(55-53-23-9-12-27(43)25(16-23)38(59)51-32-7-3-5-29(45)34(32)47)40(61)49-22-11-14-31(21(15-22)18-42)50-41(62)37(20(2)58)56-54-24-10-13-28(44)26(17-24)39(60)52-33-8-4-6-30(46)35(33)48/h3-17,36-37H,18H2,1-2H3,(H,49,61)(H,50,62)(H,51,59)(H,52,60). The Morgan fingerprint density at radius 1 is 0.516 bits per heavy atom. The number of alkyl halides is 1. The minimum absolute atomic E-state index is 0.000271. The molecule has 318 valence electrons. The van der Waals surface area contributed by atoms with Gasteiger partial charge in [0.25, 0.3) is 23.6 Å². The highest BCUT2D eigenvalue weighted by atomic mass is 35.5. The van der Waals surface area contributed by atoms with Crippen LogP contribution in [0.15, 0.2) is 111 Å². The maximum atomic E-state index is 13.3. The number of nitrogens with zero attached hydrogens (tertiary/aromatic N) is 4. The van der Waals surface area contributed by atoms with Crippen LogP contribution < -0.4 is 21.3 Å². The third-order valence-electron chi connectivity index (χ3n) is 8.41. The fourth-order valence-electron chi connectivity index (χ4n) is 5.28. The third-order valence-corrected chi connectivity index (χ3v) is 11.0. The summed E-state index contributed by atoms with van der Waals surface area (Å²) in [6.45, 7) is 2.29. The van der Waals surface area contributed by atoms with E-state index in [1.807, 2.05) is 0 Å². The van der Waals surface area contributed by atoms with E-state index in [0.29, 0.717) is 5.56 Å². The monoisotopic (exact) mass is 974 g/mol. The number of hydrogen-bond donors (Lipinski definition) is 4. The molecule has 0 saturated carbocycles. The molecule has 2 unspecified atom stereocenters. The first kappa shape index (κ1) is 47.6. The zero-order valence-electron chi connectivity index (χ0n) is 31.9. The maximum absolute atomic E-state index is 13.3. The number of rotatable bonds is 15. The molecule has 0 aliphatic carbocycles. The molecule has 0 radical (unpaired) electrons. The number of ketones is 2. The maximum Gasteiger partial charge on any atom is 0.258 e. The van der Waals surface area contributed by atoms with Crippen LogP contribution in [0, 0.1) is 0 Å². The zero-order chi connectivity index (χ0) is 45.2. The Kier molecular flexibility index (Phi) is 16.6. The Morgan fingerprint density at radius 3 is 1.40 bits per heavy atom. The normalized spacial score (nSPS) is 12.1. The molecule has 0 bridgehead atoms. The summed E-state index contributed by atoms with van der Waals surface area (Å²) in [5.74, 6) is -4.45. The quantitative estimate of drug-likeness (QED) is 0.0457. The number of amides is 4. The third kappa shape index (κ3) is 12.1. The van der Waals surface area contributed by atoms with Gasteiger partial charge in [-0.3, -0.25) is 28.8 Å². The van der Waals surface area contributed by atoms with Crippen molar-refractivity contribution in [2.24, 2.45) is 20.5 Å². The second-order valence-electron chi connectivity index (χ2n) is 12.9. The number of anilines is 4. The van der Waals surface area contributed by atoms with E-state index in [-0.39, 0.29) is 81.3 Å². The lowest BCUT2D eigenvalue weighted by molar-refractivity contribution is -0.127. The fourth-order valence-corrected chi connectivity index (χ4v) is 6.60. The van der Waals surface area contributed by atoms with Gasteiger partial charge in [-0.2, -0.15) is 20.5 Å². The number of carbonyl (C=O) groups excluding carboxylic acids is 6. The van der Waals surface area contributed by atoms with Gasteiger partial charge >= 0.3 is 0 Å². The predicted octanol–water partition coefficient (Wildman–Crippen LogP) is 12.2.